The van der Waals surface area contributed by atoms with Crippen molar-refractivity contribution in [2.75, 3.05) is 0 Å². The highest BCUT2D eigenvalue weighted by Crippen LogP contribution is 2.40. The van der Waals surface area contributed by atoms with E-state index in [9.17, 15) is 9.59 Å². The first-order chi connectivity index (χ1) is 12.1. The van der Waals surface area contributed by atoms with Crippen molar-refractivity contribution in [1.29, 1.82) is 0 Å². The maximum atomic E-state index is 13.1. The first kappa shape index (κ1) is 15.8. The SMILES string of the molecule is CCCc1nc(CN2C(=O)NC3(CCCc4ccccc43)C2=O)no1. The summed E-state index contributed by atoms with van der Waals surface area (Å²) < 4.78 is 5.15. The summed E-state index contributed by atoms with van der Waals surface area (Å²) >= 11 is 0. The molecular formula is C18H20N4O3. The molecule has 25 heavy (non-hydrogen) atoms. The predicted octanol–water partition coefficient (Wildman–Crippen LogP) is 2.31. The summed E-state index contributed by atoms with van der Waals surface area (Å²) in [7, 11) is 0. The number of benzene rings is 1. The Morgan fingerprint density at radius 1 is 1.32 bits per heavy atom. The molecule has 130 valence electrons. The number of amides is 3. The van der Waals surface area contributed by atoms with E-state index in [2.05, 4.69) is 15.5 Å². The van der Waals surface area contributed by atoms with Gasteiger partial charge in [-0.2, -0.15) is 4.98 Å². The number of hydrogen-bond acceptors (Lipinski definition) is 5. The Morgan fingerprint density at radius 3 is 3.00 bits per heavy atom. The zero-order chi connectivity index (χ0) is 17.4. The summed E-state index contributed by atoms with van der Waals surface area (Å²) in [4.78, 5) is 31.1. The molecule has 1 aliphatic carbocycles. The molecule has 7 heteroatoms. The predicted molar refractivity (Wildman–Crippen MR) is 88.4 cm³/mol. The number of nitrogens with zero attached hydrogens (tertiary/aromatic N) is 3. The van der Waals surface area contributed by atoms with Gasteiger partial charge in [-0.3, -0.25) is 9.69 Å². The Balaban J connectivity index is 1.62. The lowest BCUT2D eigenvalue weighted by Crippen LogP contribution is -2.46. The van der Waals surface area contributed by atoms with Crippen LogP contribution < -0.4 is 5.32 Å². The van der Waals surface area contributed by atoms with Crippen molar-refractivity contribution in [2.45, 2.75) is 51.1 Å². The number of aromatic nitrogens is 2. The lowest BCUT2D eigenvalue weighted by atomic mass is 9.76. The van der Waals surface area contributed by atoms with Gasteiger partial charge in [-0.15, -0.1) is 0 Å². The normalized spacial score (nSPS) is 22.4. The highest BCUT2D eigenvalue weighted by Gasteiger charge is 2.54. The second-order valence-electron chi connectivity index (χ2n) is 6.59. The van der Waals surface area contributed by atoms with E-state index in [0.717, 1.165) is 30.4 Å². The lowest BCUT2D eigenvalue weighted by molar-refractivity contribution is -0.132. The van der Waals surface area contributed by atoms with Crippen LogP contribution in [-0.2, 0) is 29.7 Å². The van der Waals surface area contributed by atoms with Crippen molar-refractivity contribution in [3.8, 4) is 0 Å². The summed E-state index contributed by atoms with van der Waals surface area (Å²) in [5.41, 5.74) is 1.07. The topological polar surface area (TPSA) is 88.3 Å². The summed E-state index contributed by atoms with van der Waals surface area (Å²) in [6.07, 6.45) is 3.97. The molecule has 1 fully saturated rings. The first-order valence-electron chi connectivity index (χ1n) is 8.68. The van der Waals surface area contributed by atoms with Gasteiger partial charge in [0.1, 0.15) is 5.54 Å². The van der Waals surface area contributed by atoms with E-state index in [4.69, 9.17) is 4.52 Å². The zero-order valence-electron chi connectivity index (χ0n) is 14.1. The van der Waals surface area contributed by atoms with Gasteiger partial charge in [0.05, 0.1) is 6.54 Å². The number of fused-ring (bicyclic) bond motifs is 2. The van der Waals surface area contributed by atoms with Gasteiger partial charge >= 0.3 is 6.03 Å². The summed E-state index contributed by atoms with van der Waals surface area (Å²) in [5, 5.41) is 6.81. The van der Waals surface area contributed by atoms with Crippen molar-refractivity contribution in [2.24, 2.45) is 0 Å². The van der Waals surface area contributed by atoms with E-state index in [1.165, 1.54) is 4.90 Å². The standard InChI is InChI=1S/C18H20N4O3/c1-2-6-15-19-14(21-25-15)11-22-16(23)18(20-17(22)24)10-5-8-12-7-3-4-9-13(12)18/h3-4,7,9H,2,5-6,8,10-11H2,1H3,(H,20,24). The van der Waals surface area contributed by atoms with Crippen molar-refractivity contribution in [1.82, 2.24) is 20.4 Å². The number of rotatable bonds is 4. The average molecular weight is 340 g/mol. The van der Waals surface area contributed by atoms with Crippen molar-refractivity contribution in [3.05, 3.63) is 47.1 Å². The van der Waals surface area contributed by atoms with Crippen LogP contribution in [0.3, 0.4) is 0 Å². The molecule has 0 saturated carbocycles. The molecule has 0 radical (unpaired) electrons. The van der Waals surface area contributed by atoms with E-state index < -0.39 is 11.6 Å². The number of hydrogen-bond donors (Lipinski definition) is 1. The van der Waals surface area contributed by atoms with E-state index in [1.807, 2.05) is 31.2 Å². The van der Waals surface area contributed by atoms with Crippen LogP contribution in [0.25, 0.3) is 0 Å². The summed E-state index contributed by atoms with van der Waals surface area (Å²) in [6.45, 7) is 2.05. The van der Waals surface area contributed by atoms with Gasteiger partial charge in [0.2, 0.25) is 5.89 Å². The maximum absolute atomic E-state index is 13.1. The summed E-state index contributed by atoms with van der Waals surface area (Å²) in [6, 6.07) is 7.43. The molecule has 1 atom stereocenters. The maximum Gasteiger partial charge on any atom is 0.325 e. The zero-order valence-corrected chi connectivity index (χ0v) is 14.1. The smallest absolute Gasteiger partial charge is 0.325 e. The average Bonchev–Trinajstić information content (AvgIpc) is 3.15. The number of carbonyl (C=O) groups is 2. The molecule has 1 aromatic heterocycles. The first-order valence-corrected chi connectivity index (χ1v) is 8.68. The Bertz CT molecular complexity index is 831. The van der Waals surface area contributed by atoms with Gasteiger partial charge in [0.15, 0.2) is 5.82 Å². The molecule has 3 amide bonds. The molecule has 1 N–H and O–H groups in total. The Morgan fingerprint density at radius 2 is 2.16 bits per heavy atom. The highest BCUT2D eigenvalue weighted by atomic mass is 16.5. The van der Waals surface area contributed by atoms with Gasteiger partial charge in [-0.1, -0.05) is 36.3 Å². The highest BCUT2D eigenvalue weighted by molar-refractivity contribution is 6.07. The second kappa shape index (κ2) is 5.98. The fraction of sp³-hybridized carbons (Fsp3) is 0.444. The van der Waals surface area contributed by atoms with Gasteiger partial charge in [-0.25, -0.2) is 4.79 Å². The molecule has 1 spiro atoms. The van der Waals surface area contributed by atoms with Crippen LogP contribution in [0, 0.1) is 0 Å². The van der Waals surface area contributed by atoms with Crippen LogP contribution in [0.2, 0.25) is 0 Å². The molecule has 1 aliphatic heterocycles. The number of aryl methyl sites for hydroxylation is 2. The lowest BCUT2D eigenvalue weighted by Gasteiger charge is -2.33. The minimum Gasteiger partial charge on any atom is -0.339 e. The molecule has 2 aliphatic rings. The molecule has 1 aromatic carbocycles. The molecule has 4 rings (SSSR count). The molecular weight excluding hydrogens is 320 g/mol. The van der Waals surface area contributed by atoms with E-state index in [0.29, 0.717) is 24.6 Å². The van der Waals surface area contributed by atoms with Gasteiger partial charge in [-0.05, 0) is 36.8 Å². The Kier molecular flexibility index (Phi) is 3.78. The van der Waals surface area contributed by atoms with Crippen LogP contribution in [-0.4, -0.2) is 27.0 Å². The summed E-state index contributed by atoms with van der Waals surface area (Å²) in [5.74, 6) is 0.655. The van der Waals surface area contributed by atoms with Crippen LogP contribution in [0.1, 0.15) is 49.0 Å². The molecule has 1 unspecified atom stereocenters. The van der Waals surface area contributed by atoms with E-state index in [1.54, 1.807) is 0 Å². The van der Waals surface area contributed by atoms with Crippen LogP contribution in [0.15, 0.2) is 28.8 Å². The third-order valence-electron chi connectivity index (χ3n) is 4.92. The monoisotopic (exact) mass is 340 g/mol. The van der Waals surface area contributed by atoms with Crippen LogP contribution in [0.5, 0.6) is 0 Å². The van der Waals surface area contributed by atoms with Crippen LogP contribution in [0.4, 0.5) is 4.79 Å². The third-order valence-corrected chi connectivity index (χ3v) is 4.92. The number of urea groups is 1. The van der Waals surface area contributed by atoms with E-state index >= 15 is 0 Å². The van der Waals surface area contributed by atoms with Crippen LogP contribution >= 0.6 is 0 Å². The Labute approximate surface area is 145 Å². The van der Waals surface area contributed by atoms with E-state index in [-0.39, 0.29) is 12.5 Å². The molecule has 2 heterocycles. The van der Waals surface area contributed by atoms with Crippen molar-refractivity contribution in [3.63, 3.8) is 0 Å². The van der Waals surface area contributed by atoms with Crippen molar-refractivity contribution >= 4 is 11.9 Å². The largest absolute Gasteiger partial charge is 0.339 e. The second-order valence-corrected chi connectivity index (χ2v) is 6.59. The molecule has 7 nitrogen and oxygen atoms in total. The molecule has 1 saturated heterocycles. The quantitative estimate of drug-likeness (QED) is 0.863. The molecule has 0 bridgehead atoms. The van der Waals surface area contributed by atoms with Crippen molar-refractivity contribution < 1.29 is 14.1 Å². The number of nitrogens with one attached hydrogen (secondary N) is 1. The Hall–Kier alpha value is -2.70. The van der Waals surface area contributed by atoms with Gasteiger partial charge in [0.25, 0.3) is 5.91 Å². The van der Waals surface area contributed by atoms with Gasteiger partial charge in [0, 0.05) is 6.42 Å². The molecule has 2 aromatic rings. The minimum atomic E-state index is -0.956. The fourth-order valence-electron chi connectivity index (χ4n) is 3.77. The number of carbonyl (C=O) groups excluding carboxylic acids is 2. The third kappa shape index (κ3) is 2.50. The van der Waals surface area contributed by atoms with Gasteiger partial charge < -0.3 is 9.84 Å². The minimum absolute atomic E-state index is 0.0296. The fourth-order valence-corrected chi connectivity index (χ4v) is 3.77. The number of imide groups is 1.